The molecule has 2 fully saturated rings. The lowest BCUT2D eigenvalue weighted by Gasteiger charge is -2.34. The highest BCUT2D eigenvalue weighted by Crippen LogP contribution is 2.40. The summed E-state index contributed by atoms with van der Waals surface area (Å²) in [6.45, 7) is 7.00. The van der Waals surface area contributed by atoms with Crippen molar-refractivity contribution in [3.63, 3.8) is 0 Å². The minimum atomic E-state index is 0.212. The van der Waals surface area contributed by atoms with E-state index in [9.17, 15) is 4.79 Å². The number of carbonyl (C=O) groups excluding carboxylic acids is 1. The van der Waals surface area contributed by atoms with E-state index < -0.39 is 0 Å². The van der Waals surface area contributed by atoms with Gasteiger partial charge < -0.3 is 9.64 Å². The van der Waals surface area contributed by atoms with Crippen molar-refractivity contribution >= 4 is 17.2 Å². The van der Waals surface area contributed by atoms with Crippen molar-refractivity contribution in [1.82, 2.24) is 14.8 Å². The number of hydrogen-bond acceptors (Lipinski definition) is 5. The summed E-state index contributed by atoms with van der Waals surface area (Å²) in [6, 6.07) is 7.85. The molecule has 144 valence electrons. The molecule has 1 aliphatic carbocycles. The van der Waals surface area contributed by atoms with Gasteiger partial charge in [-0.25, -0.2) is 4.98 Å². The minimum absolute atomic E-state index is 0.212. The molecule has 2 aliphatic rings. The summed E-state index contributed by atoms with van der Waals surface area (Å²) in [6.07, 6.45) is 3.07. The van der Waals surface area contributed by atoms with Gasteiger partial charge in [0, 0.05) is 37.5 Å². The minimum Gasteiger partial charge on any atom is -0.494 e. The zero-order chi connectivity index (χ0) is 18.6. The van der Waals surface area contributed by atoms with E-state index in [-0.39, 0.29) is 5.91 Å². The zero-order valence-corrected chi connectivity index (χ0v) is 16.7. The molecule has 27 heavy (non-hydrogen) atoms. The van der Waals surface area contributed by atoms with Crippen molar-refractivity contribution in [1.29, 1.82) is 0 Å². The van der Waals surface area contributed by atoms with E-state index in [0.717, 1.165) is 50.0 Å². The molecule has 5 nitrogen and oxygen atoms in total. The maximum Gasteiger partial charge on any atom is 0.227 e. The summed E-state index contributed by atoms with van der Waals surface area (Å²) < 4.78 is 5.46. The summed E-state index contributed by atoms with van der Waals surface area (Å²) in [5.74, 6) is 1.80. The highest BCUT2D eigenvalue weighted by Gasteiger charge is 2.27. The molecule has 0 N–H and O–H groups in total. The maximum atomic E-state index is 12.6. The molecule has 6 heteroatoms. The van der Waals surface area contributed by atoms with E-state index in [1.54, 1.807) is 11.3 Å². The molecular weight excluding hydrogens is 358 g/mol. The Morgan fingerprint density at radius 2 is 1.93 bits per heavy atom. The van der Waals surface area contributed by atoms with Crippen molar-refractivity contribution < 1.29 is 9.53 Å². The molecule has 0 radical (unpaired) electrons. The van der Waals surface area contributed by atoms with Crippen LogP contribution in [0.5, 0.6) is 5.75 Å². The number of nitrogens with zero attached hydrogens (tertiary/aromatic N) is 3. The van der Waals surface area contributed by atoms with Crippen LogP contribution in [-0.2, 0) is 17.8 Å². The van der Waals surface area contributed by atoms with Gasteiger partial charge in [0.25, 0.3) is 0 Å². The average Bonchev–Trinajstić information content (AvgIpc) is 3.44. The summed E-state index contributed by atoms with van der Waals surface area (Å²) in [5.41, 5.74) is 2.33. The molecule has 1 aromatic carbocycles. The Labute approximate surface area is 165 Å². The molecular formula is C21H27N3O2S. The highest BCUT2D eigenvalue weighted by molar-refractivity contribution is 7.09. The van der Waals surface area contributed by atoms with E-state index in [1.807, 2.05) is 36.1 Å². The number of ether oxygens (including phenoxy) is 1. The lowest BCUT2D eigenvalue weighted by Crippen LogP contribution is -2.48. The van der Waals surface area contributed by atoms with Crippen LogP contribution in [0.2, 0.25) is 0 Å². The Morgan fingerprint density at radius 1 is 1.19 bits per heavy atom. The molecule has 2 aromatic rings. The van der Waals surface area contributed by atoms with Crippen molar-refractivity contribution in [2.24, 2.45) is 0 Å². The first-order chi connectivity index (χ1) is 13.2. The number of piperazine rings is 1. The van der Waals surface area contributed by atoms with Gasteiger partial charge in [-0.2, -0.15) is 0 Å². The number of benzene rings is 1. The molecule has 0 spiro atoms. The summed E-state index contributed by atoms with van der Waals surface area (Å²) in [7, 11) is 0. The van der Waals surface area contributed by atoms with E-state index in [2.05, 4.69) is 10.3 Å². The number of hydrogen-bond donors (Lipinski definition) is 0. The van der Waals surface area contributed by atoms with Gasteiger partial charge in [0.1, 0.15) is 10.8 Å². The Balaban J connectivity index is 1.23. The van der Waals surface area contributed by atoms with Crippen molar-refractivity contribution in [3.05, 3.63) is 45.9 Å². The summed E-state index contributed by atoms with van der Waals surface area (Å²) >= 11 is 1.78. The Hall–Kier alpha value is -1.92. The smallest absolute Gasteiger partial charge is 0.227 e. The number of rotatable bonds is 7. The van der Waals surface area contributed by atoms with Gasteiger partial charge in [0.05, 0.1) is 25.3 Å². The second-order valence-corrected chi connectivity index (χ2v) is 8.29. The standard InChI is InChI=1S/C21H27N3O2S/c1-2-26-18-7-3-16(4-8-18)13-21(25)24-11-9-23(10-12-24)14-20-22-19(15-27-20)17-5-6-17/h3-4,7-8,15,17H,2,5-6,9-14H2,1H3. The maximum absolute atomic E-state index is 12.6. The molecule has 1 aliphatic heterocycles. The molecule has 0 atom stereocenters. The van der Waals surface area contributed by atoms with Gasteiger partial charge in [-0.05, 0) is 37.5 Å². The molecule has 1 amide bonds. The third-order valence-corrected chi connectivity index (χ3v) is 6.09. The average molecular weight is 386 g/mol. The third-order valence-electron chi connectivity index (χ3n) is 5.24. The fourth-order valence-corrected chi connectivity index (χ4v) is 4.38. The molecule has 0 bridgehead atoms. The second-order valence-electron chi connectivity index (χ2n) is 7.35. The topological polar surface area (TPSA) is 45.7 Å². The molecule has 2 heterocycles. The van der Waals surface area contributed by atoms with Crippen LogP contribution < -0.4 is 4.74 Å². The second kappa shape index (κ2) is 8.40. The van der Waals surface area contributed by atoms with Gasteiger partial charge >= 0.3 is 0 Å². The van der Waals surface area contributed by atoms with E-state index in [4.69, 9.17) is 9.72 Å². The Kier molecular flexibility index (Phi) is 5.74. The van der Waals surface area contributed by atoms with Crippen molar-refractivity contribution in [2.45, 2.75) is 38.6 Å². The van der Waals surface area contributed by atoms with Crippen LogP contribution in [0.1, 0.15) is 41.9 Å². The fraction of sp³-hybridized carbons (Fsp3) is 0.524. The van der Waals surface area contributed by atoms with Crippen LogP contribution in [0.15, 0.2) is 29.6 Å². The van der Waals surface area contributed by atoms with Crippen LogP contribution in [0.4, 0.5) is 0 Å². The van der Waals surface area contributed by atoms with Crippen molar-refractivity contribution in [3.8, 4) is 5.75 Å². The van der Waals surface area contributed by atoms with Crippen LogP contribution in [0.3, 0.4) is 0 Å². The van der Waals surface area contributed by atoms with Gasteiger partial charge in [-0.15, -0.1) is 11.3 Å². The number of amides is 1. The fourth-order valence-electron chi connectivity index (χ4n) is 3.47. The van der Waals surface area contributed by atoms with Gasteiger partial charge in [-0.1, -0.05) is 12.1 Å². The predicted octanol–water partition coefficient (Wildman–Crippen LogP) is 3.31. The quantitative estimate of drug-likeness (QED) is 0.734. The first-order valence-corrected chi connectivity index (χ1v) is 10.8. The highest BCUT2D eigenvalue weighted by atomic mass is 32.1. The lowest BCUT2D eigenvalue weighted by molar-refractivity contribution is -0.132. The zero-order valence-electron chi connectivity index (χ0n) is 15.9. The first kappa shape index (κ1) is 18.4. The SMILES string of the molecule is CCOc1ccc(CC(=O)N2CCN(Cc3nc(C4CC4)cs3)CC2)cc1. The van der Waals surface area contributed by atoms with E-state index in [0.29, 0.717) is 13.0 Å². The third kappa shape index (κ3) is 4.87. The van der Waals surface area contributed by atoms with Crippen LogP contribution >= 0.6 is 11.3 Å². The van der Waals surface area contributed by atoms with Gasteiger partial charge in [0.15, 0.2) is 0 Å². The molecule has 1 aromatic heterocycles. The predicted molar refractivity (Wildman–Crippen MR) is 107 cm³/mol. The summed E-state index contributed by atoms with van der Waals surface area (Å²) in [5, 5.41) is 3.44. The van der Waals surface area contributed by atoms with Crippen LogP contribution in [-0.4, -0.2) is 53.5 Å². The Bertz CT molecular complexity index is 762. The molecule has 1 saturated heterocycles. The van der Waals surface area contributed by atoms with Gasteiger partial charge in [0.2, 0.25) is 5.91 Å². The van der Waals surface area contributed by atoms with Crippen LogP contribution in [0, 0.1) is 0 Å². The number of carbonyl (C=O) groups is 1. The Morgan fingerprint density at radius 3 is 2.59 bits per heavy atom. The lowest BCUT2D eigenvalue weighted by atomic mass is 10.1. The van der Waals surface area contributed by atoms with Gasteiger partial charge in [-0.3, -0.25) is 9.69 Å². The number of aromatic nitrogens is 1. The first-order valence-electron chi connectivity index (χ1n) is 9.87. The molecule has 1 saturated carbocycles. The van der Waals surface area contributed by atoms with Crippen molar-refractivity contribution in [2.75, 3.05) is 32.8 Å². The largest absolute Gasteiger partial charge is 0.494 e. The normalized spacial score (nSPS) is 17.9. The van der Waals surface area contributed by atoms with E-state index in [1.165, 1.54) is 23.5 Å². The summed E-state index contributed by atoms with van der Waals surface area (Å²) in [4.78, 5) is 21.8. The van der Waals surface area contributed by atoms with Crippen LogP contribution in [0.25, 0.3) is 0 Å². The van der Waals surface area contributed by atoms with E-state index >= 15 is 0 Å². The molecule has 0 unspecified atom stereocenters. The monoisotopic (exact) mass is 385 g/mol. The number of thiazole rings is 1. The molecule has 4 rings (SSSR count).